The molecule has 2 aromatic rings. The second kappa shape index (κ2) is 5.16. The third kappa shape index (κ3) is 3.03. The largest absolute Gasteiger partial charge is 0.477 e. The van der Waals surface area contributed by atoms with Crippen LogP contribution in [0.4, 0.5) is 5.82 Å². The maximum atomic E-state index is 12.0. The van der Waals surface area contributed by atoms with Gasteiger partial charge in [-0.25, -0.2) is 18.2 Å². The average Bonchev–Trinajstić information content (AvgIpc) is 2.82. The fourth-order valence-electron chi connectivity index (χ4n) is 1.29. The van der Waals surface area contributed by atoms with Gasteiger partial charge in [-0.2, -0.15) is 0 Å². The van der Waals surface area contributed by atoms with E-state index >= 15 is 0 Å². The lowest BCUT2D eigenvalue weighted by Gasteiger charge is -2.06. The van der Waals surface area contributed by atoms with Crippen molar-refractivity contribution in [2.75, 3.05) is 4.72 Å². The molecule has 2 rings (SSSR count). The van der Waals surface area contributed by atoms with Crippen LogP contribution < -0.4 is 4.72 Å². The summed E-state index contributed by atoms with van der Waals surface area (Å²) < 4.78 is 26.3. The van der Waals surface area contributed by atoms with Crippen LogP contribution in [0.5, 0.6) is 0 Å². The first-order valence-electron chi connectivity index (χ1n) is 4.85. The molecule has 2 heterocycles. The normalized spacial score (nSPS) is 11.2. The number of nitrogens with one attached hydrogen (secondary N) is 1. The number of sulfonamides is 1. The number of carboxylic acid groups (broad SMARTS) is 1. The summed E-state index contributed by atoms with van der Waals surface area (Å²) in [6, 6.07) is 4.08. The Bertz CT molecular complexity index is 709. The fourth-order valence-corrected chi connectivity index (χ4v) is 3.68. The second-order valence-electron chi connectivity index (χ2n) is 3.39. The maximum absolute atomic E-state index is 12.0. The molecule has 0 fully saturated rings. The zero-order valence-electron chi connectivity index (χ0n) is 9.20. The van der Waals surface area contributed by atoms with E-state index in [2.05, 4.69) is 9.71 Å². The van der Waals surface area contributed by atoms with Crippen molar-refractivity contribution in [3.63, 3.8) is 0 Å². The Labute approximate surface area is 117 Å². The minimum absolute atomic E-state index is 0.0620. The number of hydrogen-bond donors (Lipinski definition) is 2. The molecule has 2 N–H and O–H groups in total. The number of aromatic carboxylic acids is 1. The van der Waals surface area contributed by atoms with E-state index in [0.717, 1.165) is 11.3 Å². The molecule has 0 unspecified atom stereocenters. The van der Waals surface area contributed by atoms with Crippen LogP contribution in [0.15, 0.2) is 34.7 Å². The van der Waals surface area contributed by atoms with E-state index in [1.54, 1.807) is 0 Å². The van der Waals surface area contributed by atoms with Gasteiger partial charge in [0.1, 0.15) is 15.6 Å². The topological polar surface area (TPSA) is 96.4 Å². The molecule has 0 saturated carbocycles. The summed E-state index contributed by atoms with van der Waals surface area (Å²) in [5.41, 5.74) is 0. The lowest BCUT2D eigenvalue weighted by molar-refractivity contribution is 0.0698. The number of carbonyl (C=O) groups is 1. The summed E-state index contributed by atoms with van der Waals surface area (Å²) in [4.78, 5) is 14.2. The van der Waals surface area contributed by atoms with Crippen LogP contribution in [-0.2, 0) is 10.0 Å². The third-order valence-electron chi connectivity index (χ3n) is 2.08. The zero-order valence-corrected chi connectivity index (χ0v) is 11.6. The number of carboxylic acids is 1. The highest BCUT2D eigenvalue weighted by Crippen LogP contribution is 2.24. The Morgan fingerprint density at radius 2 is 2.11 bits per heavy atom. The summed E-state index contributed by atoms with van der Waals surface area (Å²) in [6.07, 6.45) is 1.28. The maximum Gasteiger partial charge on any atom is 0.347 e. The molecule has 19 heavy (non-hydrogen) atoms. The summed E-state index contributed by atoms with van der Waals surface area (Å²) in [5.74, 6) is -1.23. The predicted octanol–water partition coefficient (Wildman–Crippen LogP) is 2.30. The molecule has 2 aromatic heterocycles. The van der Waals surface area contributed by atoms with Gasteiger partial charge in [-0.15, -0.1) is 11.3 Å². The lowest BCUT2D eigenvalue weighted by atomic mass is 10.5. The Balaban J connectivity index is 2.35. The van der Waals surface area contributed by atoms with Gasteiger partial charge >= 0.3 is 5.97 Å². The van der Waals surface area contributed by atoms with Gasteiger partial charge in [-0.3, -0.25) is 4.72 Å². The van der Waals surface area contributed by atoms with E-state index in [0.29, 0.717) is 5.02 Å². The molecule has 0 aliphatic rings. The molecule has 0 radical (unpaired) electrons. The summed E-state index contributed by atoms with van der Waals surface area (Å²) >= 11 is 6.47. The summed E-state index contributed by atoms with van der Waals surface area (Å²) in [7, 11) is -3.98. The SMILES string of the molecule is O=C(O)c1sccc1S(=O)(=O)Nc1ccc(Cl)cn1. The molecule has 0 atom stereocenters. The Morgan fingerprint density at radius 3 is 2.68 bits per heavy atom. The van der Waals surface area contributed by atoms with Crippen molar-refractivity contribution in [2.45, 2.75) is 4.90 Å². The number of pyridine rings is 1. The minimum Gasteiger partial charge on any atom is -0.477 e. The van der Waals surface area contributed by atoms with Crippen LogP contribution >= 0.6 is 22.9 Å². The molecule has 0 aliphatic heterocycles. The van der Waals surface area contributed by atoms with E-state index in [1.165, 1.54) is 29.8 Å². The van der Waals surface area contributed by atoms with E-state index < -0.39 is 16.0 Å². The van der Waals surface area contributed by atoms with Gasteiger partial charge in [0.05, 0.1) is 5.02 Å². The quantitative estimate of drug-likeness (QED) is 0.901. The Kier molecular flexibility index (Phi) is 3.74. The highest BCUT2D eigenvalue weighted by Gasteiger charge is 2.24. The molecule has 6 nitrogen and oxygen atoms in total. The van der Waals surface area contributed by atoms with Gasteiger partial charge in [0.15, 0.2) is 0 Å². The number of rotatable bonds is 4. The highest BCUT2D eigenvalue weighted by molar-refractivity contribution is 7.93. The molecule has 0 aromatic carbocycles. The standard InChI is InChI=1S/C10H7ClN2O4S2/c11-6-1-2-8(12-5-6)13-19(16,17)7-3-4-18-9(7)10(14)15/h1-5H,(H,12,13)(H,14,15). The first-order chi connectivity index (χ1) is 8.90. The van der Waals surface area contributed by atoms with Crippen LogP contribution in [0.1, 0.15) is 9.67 Å². The number of halogens is 1. The molecule has 0 bridgehead atoms. The lowest BCUT2D eigenvalue weighted by Crippen LogP contribution is -2.15. The molecule has 100 valence electrons. The van der Waals surface area contributed by atoms with Gasteiger partial charge in [0.25, 0.3) is 10.0 Å². The van der Waals surface area contributed by atoms with Crippen molar-refractivity contribution in [3.8, 4) is 0 Å². The van der Waals surface area contributed by atoms with Crippen molar-refractivity contribution in [3.05, 3.63) is 39.7 Å². The van der Waals surface area contributed by atoms with E-state index in [-0.39, 0.29) is 15.6 Å². The molecule has 9 heteroatoms. The Morgan fingerprint density at radius 1 is 1.37 bits per heavy atom. The van der Waals surface area contributed by atoms with Gasteiger partial charge in [-0.1, -0.05) is 11.6 Å². The molecular formula is C10H7ClN2O4S2. The predicted molar refractivity (Wildman–Crippen MR) is 71.3 cm³/mol. The number of anilines is 1. The van der Waals surface area contributed by atoms with Gasteiger partial charge in [-0.05, 0) is 23.6 Å². The van der Waals surface area contributed by atoms with Crippen molar-refractivity contribution < 1.29 is 18.3 Å². The van der Waals surface area contributed by atoms with Crippen LogP contribution in [0, 0.1) is 0 Å². The highest BCUT2D eigenvalue weighted by atomic mass is 35.5. The Hall–Kier alpha value is -1.64. The molecule has 0 aliphatic carbocycles. The molecule has 0 saturated heterocycles. The van der Waals surface area contributed by atoms with Gasteiger partial charge < -0.3 is 5.11 Å². The van der Waals surface area contributed by atoms with Crippen LogP contribution in [0.3, 0.4) is 0 Å². The first-order valence-corrected chi connectivity index (χ1v) is 7.59. The minimum atomic E-state index is -3.98. The van der Waals surface area contributed by atoms with E-state index in [1.807, 2.05) is 0 Å². The van der Waals surface area contributed by atoms with Crippen molar-refractivity contribution in [2.24, 2.45) is 0 Å². The van der Waals surface area contributed by atoms with Crippen LogP contribution in [0.25, 0.3) is 0 Å². The van der Waals surface area contributed by atoms with Crippen LogP contribution in [0.2, 0.25) is 5.02 Å². The fraction of sp³-hybridized carbons (Fsp3) is 0. The number of thiophene rings is 1. The second-order valence-corrected chi connectivity index (χ2v) is 6.39. The number of nitrogens with zero attached hydrogens (tertiary/aromatic N) is 1. The molecular weight excluding hydrogens is 312 g/mol. The van der Waals surface area contributed by atoms with E-state index in [9.17, 15) is 13.2 Å². The third-order valence-corrected chi connectivity index (χ3v) is 4.73. The first kappa shape index (κ1) is 13.8. The van der Waals surface area contributed by atoms with Crippen LogP contribution in [-0.4, -0.2) is 24.5 Å². The zero-order chi connectivity index (χ0) is 14.0. The van der Waals surface area contributed by atoms with Crippen molar-refractivity contribution >= 4 is 44.7 Å². The average molecular weight is 319 g/mol. The smallest absolute Gasteiger partial charge is 0.347 e. The van der Waals surface area contributed by atoms with E-state index in [4.69, 9.17) is 16.7 Å². The van der Waals surface area contributed by atoms with Gasteiger partial charge in [0, 0.05) is 6.20 Å². The van der Waals surface area contributed by atoms with Crippen molar-refractivity contribution in [1.82, 2.24) is 4.98 Å². The van der Waals surface area contributed by atoms with Gasteiger partial charge in [0.2, 0.25) is 0 Å². The summed E-state index contributed by atoms with van der Waals surface area (Å²) in [5, 5.41) is 10.7. The molecule has 0 spiro atoms. The number of aromatic nitrogens is 1. The summed E-state index contributed by atoms with van der Waals surface area (Å²) in [6.45, 7) is 0. The van der Waals surface area contributed by atoms with Crippen molar-refractivity contribution in [1.29, 1.82) is 0 Å². The molecule has 0 amide bonds. The number of hydrogen-bond acceptors (Lipinski definition) is 5. The monoisotopic (exact) mass is 318 g/mol.